The van der Waals surface area contributed by atoms with Crippen LogP contribution in [0, 0.1) is 0 Å². The van der Waals surface area contributed by atoms with Crippen LogP contribution in [-0.4, -0.2) is 51.1 Å². The molecule has 0 saturated carbocycles. The first-order valence-electron chi connectivity index (χ1n) is 10.0. The van der Waals surface area contributed by atoms with E-state index in [1.807, 2.05) is 0 Å². The lowest BCUT2D eigenvalue weighted by atomic mass is 10.0. The lowest BCUT2D eigenvalue weighted by Crippen LogP contribution is -2.56. The minimum atomic E-state index is -1.43. The zero-order valence-corrected chi connectivity index (χ0v) is 16.4. The molecule has 5 aliphatic rings. The van der Waals surface area contributed by atoms with Crippen LogP contribution >= 0.6 is 0 Å². The molecule has 0 aromatic carbocycles. The van der Waals surface area contributed by atoms with Crippen molar-refractivity contribution in [3.05, 3.63) is 48.6 Å². The van der Waals surface area contributed by atoms with E-state index in [-0.39, 0.29) is 0 Å². The van der Waals surface area contributed by atoms with Crippen LogP contribution in [0.3, 0.4) is 0 Å². The van der Waals surface area contributed by atoms with Crippen molar-refractivity contribution in [1.29, 1.82) is 0 Å². The first-order valence-corrected chi connectivity index (χ1v) is 10.0. The Morgan fingerprint density at radius 3 is 1.00 bits per heavy atom. The smallest absolute Gasteiger partial charge is 0.183 e. The molecular weight excluding hydrogens is 344 g/mol. The van der Waals surface area contributed by atoms with E-state index in [0.29, 0.717) is 0 Å². The molecule has 0 aromatic rings. The second-order valence-electron chi connectivity index (χ2n) is 6.90. The van der Waals surface area contributed by atoms with Gasteiger partial charge < -0.3 is 25.2 Å². The van der Waals surface area contributed by atoms with Crippen molar-refractivity contribution in [2.45, 2.75) is 89.0 Å². The Balaban J connectivity index is 0.000000187. The zero-order valence-electron chi connectivity index (χ0n) is 16.4. The molecule has 5 atom stereocenters. The van der Waals surface area contributed by atoms with Crippen LogP contribution in [0.2, 0.25) is 0 Å². The molecule has 1 fully saturated rings. The summed E-state index contributed by atoms with van der Waals surface area (Å²) >= 11 is 0. The Bertz CT molecular complexity index is 389. The monoisotopic (exact) mass is 380 g/mol. The number of hydrogen-bond donors (Lipinski definition) is 4. The number of aliphatic hydroxyl groups is 4. The third-order valence-electron chi connectivity index (χ3n) is 4.49. The van der Waals surface area contributed by atoms with E-state index in [9.17, 15) is 0 Å². The molecule has 154 valence electrons. The highest BCUT2D eigenvalue weighted by molar-refractivity contribution is 4.94. The van der Waals surface area contributed by atoms with E-state index in [0.717, 1.165) is 0 Å². The summed E-state index contributed by atoms with van der Waals surface area (Å²) in [5.41, 5.74) is 0. The van der Waals surface area contributed by atoms with Crippen LogP contribution in [0.15, 0.2) is 48.6 Å². The number of rotatable bonds is 0. The average molecular weight is 381 g/mol. The zero-order chi connectivity index (χ0) is 19.9. The van der Waals surface area contributed by atoms with Gasteiger partial charge in [0.05, 0.1) is 6.10 Å². The average Bonchev–Trinajstić information content (AvgIpc) is 2.35. The van der Waals surface area contributed by atoms with Gasteiger partial charge in [0.15, 0.2) is 6.29 Å². The van der Waals surface area contributed by atoms with E-state index in [1.54, 1.807) is 0 Å². The maximum atomic E-state index is 9.09. The van der Waals surface area contributed by atoms with E-state index >= 15 is 0 Å². The third-order valence-corrected chi connectivity index (χ3v) is 4.49. The fourth-order valence-corrected chi connectivity index (χ4v) is 1.70. The molecule has 2 unspecified atom stereocenters. The molecule has 5 rings (SSSR count). The molecule has 4 N–H and O–H groups in total. The second kappa shape index (κ2) is 14.8. The number of hydrogen-bond acceptors (Lipinski definition) is 5. The molecule has 0 spiro atoms. The van der Waals surface area contributed by atoms with Crippen LogP contribution in [0.4, 0.5) is 0 Å². The van der Waals surface area contributed by atoms with Gasteiger partial charge in [-0.1, -0.05) is 48.6 Å². The molecule has 1 heterocycles. The summed E-state index contributed by atoms with van der Waals surface area (Å²) in [7, 11) is 0. The largest absolute Gasteiger partial charge is 0.388 e. The van der Waals surface area contributed by atoms with Crippen LogP contribution in [-0.2, 0) is 4.74 Å². The number of allylic oxidation sites excluding steroid dienone is 8. The normalized spacial score (nSPS) is 33.3. The molecule has 1 saturated heterocycles. The quantitative estimate of drug-likeness (QED) is 0.485. The molecule has 1 aliphatic heterocycles. The Kier molecular flexibility index (Phi) is 13.0. The van der Waals surface area contributed by atoms with Crippen molar-refractivity contribution in [3.63, 3.8) is 0 Å². The van der Waals surface area contributed by atoms with Gasteiger partial charge in [-0.3, -0.25) is 0 Å². The topological polar surface area (TPSA) is 90.2 Å². The first kappa shape index (κ1) is 23.8. The van der Waals surface area contributed by atoms with Crippen LogP contribution in [0.25, 0.3) is 0 Å². The number of ether oxygens (including phenoxy) is 1. The summed E-state index contributed by atoms with van der Waals surface area (Å²) in [4.78, 5) is 0. The fraction of sp³-hybridized carbons (Fsp3) is 0.636. The van der Waals surface area contributed by atoms with Crippen molar-refractivity contribution >= 4 is 0 Å². The summed E-state index contributed by atoms with van der Waals surface area (Å²) in [6, 6.07) is 0. The summed E-state index contributed by atoms with van der Waals surface area (Å²) in [6.45, 7) is 1.50. The Morgan fingerprint density at radius 1 is 0.519 bits per heavy atom. The summed E-state index contributed by atoms with van der Waals surface area (Å²) in [5.74, 6) is 0. The Labute approximate surface area is 163 Å². The van der Waals surface area contributed by atoms with E-state index in [2.05, 4.69) is 53.3 Å². The highest BCUT2D eigenvalue weighted by Crippen LogP contribution is 2.18. The van der Waals surface area contributed by atoms with Crippen molar-refractivity contribution in [3.8, 4) is 0 Å². The Morgan fingerprint density at radius 2 is 0.778 bits per heavy atom. The summed E-state index contributed by atoms with van der Waals surface area (Å²) in [5, 5.41) is 36.0. The van der Waals surface area contributed by atoms with Gasteiger partial charge in [-0.05, 0) is 58.3 Å². The minimum Gasteiger partial charge on any atom is -0.388 e. The third kappa shape index (κ3) is 10.6. The van der Waals surface area contributed by atoms with Gasteiger partial charge in [0.2, 0.25) is 0 Å². The lowest BCUT2D eigenvalue weighted by molar-refractivity contribution is -0.277. The molecule has 0 bridgehead atoms. The van der Waals surface area contributed by atoms with Gasteiger partial charge in [0.1, 0.15) is 18.3 Å². The van der Waals surface area contributed by atoms with Crippen molar-refractivity contribution < 1.29 is 25.2 Å². The van der Waals surface area contributed by atoms with E-state index < -0.39 is 30.7 Å². The van der Waals surface area contributed by atoms with Gasteiger partial charge in [-0.2, -0.15) is 0 Å². The van der Waals surface area contributed by atoms with E-state index in [1.165, 1.54) is 58.3 Å². The maximum absolute atomic E-state index is 9.09. The lowest BCUT2D eigenvalue weighted by Gasteiger charge is -2.36. The van der Waals surface area contributed by atoms with Gasteiger partial charge >= 0.3 is 0 Å². The molecular formula is C22H36O5. The van der Waals surface area contributed by atoms with Gasteiger partial charge in [0, 0.05) is 0 Å². The van der Waals surface area contributed by atoms with Crippen molar-refractivity contribution in [2.24, 2.45) is 0 Å². The molecule has 0 amide bonds. The highest BCUT2D eigenvalue weighted by atomic mass is 16.6. The summed E-state index contributed by atoms with van der Waals surface area (Å²) in [6.07, 6.45) is 22.0. The minimum absolute atomic E-state index is 0.664. The predicted octanol–water partition coefficient (Wildman–Crippen LogP) is 3.15. The van der Waals surface area contributed by atoms with Crippen molar-refractivity contribution in [2.75, 3.05) is 0 Å². The standard InChI is InChI=1S/C6H12O5.4C4H6/c1-2-3(7)4(8)5(9)6(10)11-2;4*1-2-4-3-1/h2-10H,1H3;4*1-2H,3-4H2/t2?,3-,4+,5?,6-;;;;/m1..../s1. The molecule has 0 radical (unpaired) electrons. The predicted molar refractivity (Wildman–Crippen MR) is 108 cm³/mol. The molecule has 27 heavy (non-hydrogen) atoms. The molecule has 0 aromatic heterocycles. The van der Waals surface area contributed by atoms with Crippen molar-refractivity contribution in [1.82, 2.24) is 0 Å². The van der Waals surface area contributed by atoms with Gasteiger partial charge in [-0.15, -0.1) is 0 Å². The SMILES string of the molecule is C1=CCC1.C1=CCC1.C1=CCC1.C1=CCC1.CC1O[C@@H](O)C(O)[C@@H](O)[C@@H]1O. The van der Waals surface area contributed by atoms with Crippen LogP contribution in [0.1, 0.15) is 58.3 Å². The highest BCUT2D eigenvalue weighted by Gasteiger charge is 2.40. The fourth-order valence-electron chi connectivity index (χ4n) is 1.70. The van der Waals surface area contributed by atoms with E-state index in [4.69, 9.17) is 20.4 Å². The molecule has 4 aliphatic carbocycles. The Hall–Kier alpha value is -1.24. The van der Waals surface area contributed by atoms with Crippen LogP contribution in [0.5, 0.6) is 0 Å². The number of aliphatic hydroxyl groups excluding tert-OH is 4. The van der Waals surface area contributed by atoms with Crippen LogP contribution < -0.4 is 0 Å². The summed E-state index contributed by atoms with van der Waals surface area (Å²) < 4.78 is 4.68. The second-order valence-corrected chi connectivity index (χ2v) is 6.90. The molecule has 5 nitrogen and oxygen atoms in total. The first-order chi connectivity index (χ1) is 13.0. The maximum Gasteiger partial charge on any atom is 0.183 e. The molecule has 5 heteroatoms. The van der Waals surface area contributed by atoms with Gasteiger partial charge in [0.25, 0.3) is 0 Å². The van der Waals surface area contributed by atoms with Gasteiger partial charge in [-0.25, -0.2) is 0 Å².